The van der Waals surface area contributed by atoms with E-state index in [0.29, 0.717) is 23.7 Å². The zero-order valence-electron chi connectivity index (χ0n) is 16.7. The van der Waals surface area contributed by atoms with Crippen molar-refractivity contribution < 1.29 is 28.2 Å². The maximum atomic E-state index is 14.7. The monoisotopic (exact) mass is 421 g/mol. The molecular weight excluding hydrogens is 401 g/mol. The fraction of sp³-hybridized carbons (Fsp3) is 0.167. The number of halogens is 1. The van der Waals surface area contributed by atoms with Gasteiger partial charge < -0.3 is 19.2 Å². The summed E-state index contributed by atoms with van der Waals surface area (Å²) >= 11 is 0. The summed E-state index contributed by atoms with van der Waals surface area (Å²) in [7, 11) is 0. The molecule has 0 bridgehead atoms. The summed E-state index contributed by atoms with van der Waals surface area (Å²) in [6.45, 7) is 2.29. The van der Waals surface area contributed by atoms with Crippen LogP contribution in [0.2, 0.25) is 0 Å². The standard InChI is InChI=1S/C24H20FNO5/c1-2-30-16-11-9-15(10-12-16)22(27)20-21(18-7-3-4-8-19(18)25)26(24(29)23(20)28)14-17-6-5-13-31-17/h3-13,21,27H,2,14H2,1H3/t21-/m0/s1. The summed E-state index contributed by atoms with van der Waals surface area (Å²) in [4.78, 5) is 27.0. The second kappa shape index (κ2) is 8.47. The van der Waals surface area contributed by atoms with Crippen molar-refractivity contribution in [2.75, 3.05) is 6.61 Å². The van der Waals surface area contributed by atoms with E-state index in [0.717, 1.165) is 0 Å². The third-order valence-electron chi connectivity index (χ3n) is 5.08. The van der Waals surface area contributed by atoms with Gasteiger partial charge in [-0.1, -0.05) is 18.2 Å². The lowest BCUT2D eigenvalue weighted by Gasteiger charge is -2.24. The Morgan fingerprint density at radius 2 is 1.84 bits per heavy atom. The number of hydrogen-bond donors (Lipinski definition) is 1. The molecule has 1 N–H and O–H groups in total. The van der Waals surface area contributed by atoms with Crippen molar-refractivity contribution in [1.29, 1.82) is 0 Å². The highest BCUT2D eigenvalue weighted by Crippen LogP contribution is 2.41. The van der Waals surface area contributed by atoms with E-state index < -0.39 is 23.5 Å². The maximum Gasteiger partial charge on any atom is 0.296 e. The normalized spacial score (nSPS) is 17.9. The Morgan fingerprint density at radius 1 is 1.10 bits per heavy atom. The molecule has 1 saturated heterocycles. The third kappa shape index (κ3) is 3.82. The summed E-state index contributed by atoms with van der Waals surface area (Å²) in [5.41, 5.74) is 0.257. The number of ether oxygens (including phenoxy) is 1. The first-order valence-corrected chi connectivity index (χ1v) is 9.79. The van der Waals surface area contributed by atoms with E-state index in [1.54, 1.807) is 42.5 Å². The Kier molecular flexibility index (Phi) is 5.58. The number of nitrogens with zero attached hydrogens (tertiary/aromatic N) is 1. The highest BCUT2D eigenvalue weighted by atomic mass is 19.1. The van der Waals surface area contributed by atoms with Gasteiger partial charge in [0.05, 0.1) is 31.0 Å². The molecule has 1 aliphatic rings. The number of amides is 1. The van der Waals surface area contributed by atoms with E-state index in [1.807, 2.05) is 6.92 Å². The Morgan fingerprint density at radius 3 is 2.48 bits per heavy atom. The Balaban J connectivity index is 1.84. The van der Waals surface area contributed by atoms with Crippen LogP contribution in [0.3, 0.4) is 0 Å². The number of aliphatic hydroxyl groups is 1. The van der Waals surface area contributed by atoms with Gasteiger partial charge in [-0.3, -0.25) is 9.59 Å². The summed E-state index contributed by atoms with van der Waals surface area (Å²) < 4.78 is 25.4. The summed E-state index contributed by atoms with van der Waals surface area (Å²) in [6.07, 6.45) is 1.45. The van der Waals surface area contributed by atoms with E-state index in [4.69, 9.17) is 9.15 Å². The number of Topliss-reactive ketones (excluding diaryl/α,β-unsaturated/α-hetero) is 1. The lowest BCUT2D eigenvalue weighted by atomic mass is 9.95. The molecule has 1 aliphatic heterocycles. The van der Waals surface area contributed by atoms with E-state index >= 15 is 0 Å². The quantitative estimate of drug-likeness (QED) is 0.362. The zero-order chi connectivity index (χ0) is 22.0. The molecule has 0 saturated carbocycles. The third-order valence-corrected chi connectivity index (χ3v) is 5.08. The first-order valence-electron chi connectivity index (χ1n) is 9.79. The van der Waals surface area contributed by atoms with Gasteiger partial charge >= 0.3 is 0 Å². The average molecular weight is 421 g/mol. The van der Waals surface area contributed by atoms with Crippen LogP contribution in [-0.2, 0) is 16.1 Å². The molecule has 0 radical (unpaired) electrons. The number of hydrogen-bond acceptors (Lipinski definition) is 5. The van der Waals surface area contributed by atoms with Gasteiger partial charge in [0.1, 0.15) is 23.1 Å². The number of aliphatic hydroxyl groups excluding tert-OH is 1. The SMILES string of the molecule is CCOc1ccc(C(O)=C2C(=O)C(=O)N(Cc3ccco3)[C@H]2c2ccccc2F)cc1. The average Bonchev–Trinajstić information content (AvgIpc) is 3.37. The lowest BCUT2D eigenvalue weighted by molar-refractivity contribution is -0.140. The summed E-state index contributed by atoms with van der Waals surface area (Å²) in [6, 6.07) is 14.5. The number of ketones is 1. The van der Waals surface area contributed by atoms with Crippen LogP contribution in [0.1, 0.15) is 29.9 Å². The first-order chi connectivity index (χ1) is 15.0. The summed E-state index contributed by atoms with van der Waals surface area (Å²) in [5.74, 6) is -1.65. The predicted octanol–water partition coefficient (Wildman–Crippen LogP) is 4.44. The van der Waals surface area contributed by atoms with Gasteiger partial charge in [0.2, 0.25) is 0 Å². The molecular formula is C24H20FNO5. The molecule has 2 heterocycles. The van der Waals surface area contributed by atoms with Crippen LogP contribution in [0.25, 0.3) is 5.76 Å². The van der Waals surface area contributed by atoms with Crippen LogP contribution < -0.4 is 4.74 Å². The smallest absolute Gasteiger partial charge is 0.296 e. The molecule has 1 amide bonds. The Labute approximate surface area is 178 Å². The highest BCUT2D eigenvalue weighted by Gasteiger charge is 2.47. The number of rotatable bonds is 6. The van der Waals surface area contributed by atoms with Gasteiger partial charge in [0.15, 0.2) is 0 Å². The molecule has 6 nitrogen and oxygen atoms in total. The van der Waals surface area contributed by atoms with Crippen LogP contribution in [0, 0.1) is 5.82 Å². The van der Waals surface area contributed by atoms with Crippen molar-refractivity contribution in [1.82, 2.24) is 4.90 Å². The van der Waals surface area contributed by atoms with Crippen LogP contribution in [0.5, 0.6) is 5.75 Å². The van der Waals surface area contributed by atoms with E-state index in [9.17, 15) is 19.1 Å². The minimum atomic E-state index is -1.10. The topological polar surface area (TPSA) is 80.0 Å². The molecule has 1 atom stereocenters. The van der Waals surface area contributed by atoms with Crippen molar-refractivity contribution in [3.8, 4) is 5.75 Å². The van der Waals surface area contributed by atoms with Gasteiger partial charge in [0, 0.05) is 11.1 Å². The minimum absolute atomic E-state index is 0.0450. The number of benzene rings is 2. The predicted molar refractivity (Wildman–Crippen MR) is 111 cm³/mol. The molecule has 0 spiro atoms. The van der Waals surface area contributed by atoms with Crippen LogP contribution in [0.4, 0.5) is 4.39 Å². The molecule has 0 aliphatic carbocycles. The van der Waals surface area contributed by atoms with E-state index in [-0.39, 0.29) is 23.4 Å². The molecule has 2 aromatic carbocycles. The van der Waals surface area contributed by atoms with Crippen molar-refractivity contribution in [2.45, 2.75) is 19.5 Å². The molecule has 158 valence electrons. The second-order valence-corrected chi connectivity index (χ2v) is 6.99. The number of carbonyl (C=O) groups is 2. The number of furan rings is 1. The molecule has 3 aromatic rings. The molecule has 1 fully saturated rings. The van der Waals surface area contributed by atoms with Crippen LogP contribution in [-0.4, -0.2) is 28.3 Å². The van der Waals surface area contributed by atoms with Gasteiger partial charge in [-0.2, -0.15) is 0 Å². The van der Waals surface area contributed by atoms with Gasteiger partial charge in [-0.05, 0) is 49.4 Å². The van der Waals surface area contributed by atoms with Crippen LogP contribution in [0.15, 0.2) is 76.9 Å². The molecule has 7 heteroatoms. The minimum Gasteiger partial charge on any atom is -0.507 e. The molecule has 1 aromatic heterocycles. The second-order valence-electron chi connectivity index (χ2n) is 6.99. The lowest BCUT2D eigenvalue weighted by Crippen LogP contribution is -2.29. The van der Waals surface area contributed by atoms with Crippen LogP contribution >= 0.6 is 0 Å². The molecule has 0 unspecified atom stereocenters. The van der Waals surface area contributed by atoms with Crippen molar-refractivity contribution in [2.24, 2.45) is 0 Å². The van der Waals surface area contributed by atoms with E-state index in [2.05, 4.69) is 0 Å². The van der Waals surface area contributed by atoms with Crippen molar-refractivity contribution in [3.05, 3.63) is 95.2 Å². The Hall–Kier alpha value is -3.87. The Bertz CT molecular complexity index is 1140. The van der Waals surface area contributed by atoms with Gasteiger partial charge in [0.25, 0.3) is 11.7 Å². The highest BCUT2D eigenvalue weighted by molar-refractivity contribution is 6.46. The molecule has 31 heavy (non-hydrogen) atoms. The fourth-order valence-corrected chi connectivity index (χ4v) is 3.66. The molecule has 4 rings (SSSR count). The summed E-state index contributed by atoms with van der Waals surface area (Å²) in [5, 5.41) is 11.0. The maximum absolute atomic E-state index is 14.7. The first kappa shape index (κ1) is 20.4. The zero-order valence-corrected chi connectivity index (χ0v) is 16.7. The number of likely N-dealkylation sites (tertiary alicyclic amines) is 1. The van der Waals surface area contributed by atoms with Crippen molar-refractivity contribution >= 4 is 17.4 Å². The van der Waals surface area contributed by atoms with E-state index in [1.165, 1.54) is 29.4 Å². The fourth-order valence-electron chi connectivity index (χ4n) is 3.66. The van der Waals surface area contributed by atoms with Crippen molar-refractivity contribution in [3.63, 3.8) is 0 Å². The number of carbonyl (C=O) groups excluding carboxylic acids is 2. The van der Waals surface area contributed by atoms with Gasteiger partial charge in [-0.25, -0.2) is 4.39 Å². The van der Waals surface area contributed by atoms with Gasteiger partial charge in [-0.15, -0.1) is 0 Å². The largest absolute Gasteiger partial charge is 0.507 e.